The van der Waals surface area contributed by atoms with Crippen LogP contribution in [0.2, 0.25) is 0 Å². The maximum absolute atomic E-state index is 3.44. The van der Waals surface area contributed by atoms with E-state index in [0.29, 0.717) is 0 Å². The smallest absolute Gasteiger partial charge is 0.0103 e. The zero-order chi connectivity index (χ0) is 9.97. The second kappa shape index (κ2) is 4.45. The van der Waals surface area contributed by atoms with Gasteiger partial charge in [-0.3, -0.25) is 0 Å². The molecule has 0 bridgehead atoms. The number of hydrogen-bond acceptors (Lipinski definition) is 2. The Morgan fingerprint density at radius 3 is 3.07 bits per heavy atom. The fourth-order valence-electron chi connectivity index (χ4n) is 2.41. The van der Waals surface area contributed by atoms with E-state index in [0.717, 1.165) is 11.8 Å². The lowest BCUT2D eigenvalue weighted by atomic mass is 9.93. The van der Waals surface area contributed by atoms with Gasteiger partial charge in [-0.25, -0.2) is 0 Å². The highest BCUT2D eigenvalue weighted by Gasteiger charge is 2.19. The number of rotatable bonds is 3. The molecule has 2 rings (SSSR count). The Bertz CT molecular complexity index is 286. The van der Waals surface area contributed by atoms with Crippen molar-refractivity contribution in [2.45, 2.75) is 32.6 Å². The predicted molar refractivity (Wildman–Crippen MR) is 63.1 cm³/mol. The SMILES string of the molecule is Cc1ccsc1C(C)CC1CCNC1. The van der Waals surface area contributed by atoms with Crippen LogP contribution in [0.3, 0.4) is 0 Å². The molecule has 1 saturated heterocycles. The third-order valence-electron chi connectivity index (χ3n) is 3.20. The molecule has 2 heterocycles. The minimum atomic E-state index is 0.750. The van der Waals surface area contributed by atoms with Gasteiger partial charge in [0.25, 0.3) is 0 Å². The lowest BCUT2D eigenvalue weighted by molar-refractivity contribution is 0.486. The lowest BCUT2D eigenvalue weighted by Gasteiger charge is -2.15. The summed E-state index contributed by atoms with van der Waals surface area (Å²) in [4.78, 5) is 1.59. The standard InChI is InChI=1S/C12H19NS/c1-9-4-6-14-12(9)10(2)7-11-3-5-13-8-11/h4,6,10-11,13H,3,5,7-8H2,1-2H3. The highest BCUT2D eigenvalue weighted by atomic mass is 32.1. The molecule has 0 saturated carbocycles. The van der Waals surface area contributed by atoms with Gasteiger partial charge in [0.2, 0.25) is 0 Å². The molecule has 1 aromatic heterocycles. The zero-order valence-electron chi connectivity index (χ0n) is 9.05. The first-order chi connectivity index (χ1) is 6.77. The summed E-state index contributed by atoms with van der Waals surface area (Å²) in [7, 11) is 0. The molecule has 0 spiro atoms. The normalized spacial score (nSPS) is 24.0. The van der Waals surface area contributed by atoms with Gasteiger partial charge in [0.15, 0.2) is 0 Å². The fourth-order valence-corrected chi connectivity index (χ4v) is 3.41. The molecule has 2 unspecified atom stereocenters. The number of hydrogen-bond donors (Lipinski definition) is 1. The van der Waals surface area contributed by atoms with Crippen LogP contribution in [-0.2, 0) is 0 Å². The van der Waals surface area contributed by atoms with Crippen LogP contribution in [0.4, 0.5) is 0 Å². The Morgan fingerprint density at radius 2 is 2.50 bits per heavy atom. The van der Waals surface area contributed by atoms with Crippen LogP contribution in [0.1, 0.15) is 36.1 Å². The van der Waals surface area contributed by atoms with Crippen LogP contribution in [0.5, 0.6) is 0 Å². The average Bonchev–Trinajstić information content (AvgIpc) is 2.75. The van der Waals surface area contributed by atoms with Crippen LogP contribution >= 0.6 is 11.3 Å². The van der Waals surface area contributed by atoms with Crippen molar-refractivity contribution in [1.29, 1.82) is 0 Å². The van der Waals surface area contributed by atoms with Gasteiger partial charge in [0.1, 0.15) is 0 Å². The molecule has 1 nitrogen and oxygen atoms in total. The Hall–Kier alpha value is -0.340. The van der Waals surface area contributed by atoms with Crippen LogP contribution in [-0.4, -0.2) is 13.1 Å². The fraction of sp³-hybridized carbons (Fsp3) is 0.667. The summed E-state index contributed by atoms with van der Waals surface area (Å²) in [5.74, 6) is 1.66. The quantitative estimate of drug-likeness (QED) is 0.806. The van der Waals surface area contributed by atoms with E-state index in [9.17, 15) is 0 Å². The van der Waals surface area contributed by atoms with Crippen molar-refractivity contribution in [1.82, 2.24) is 5.32 Å². The van der Waals surface area contributed by atoms with Crippen molar-refractivity contribution in [2.24, 2.45) is 5.92 Å². The van der Waals surface area contributed by atoms with Gasteiger partial charge in [-0.2, -0.15) is 0 Å². The van der Waals surface area contributed by atoms with Gasteiger partial charge in [0, 0.05) is 4.88 Å². The topological polar surface area (TPSA) is 12.0 Å². The van der Waals surface area contributed by atoms with E-state index in [1.165, 1.54) is 31.5 Å². The Kier molecular flexibility index (Phi) is 3.24. The molecule has 14 heavy (non-hydrogen) atoms. The summed E-state index contributed by atoms with van der Waals surface area (Å²) in [5, 5.41) is 5.66. The van der Waals surface area contributed by atoms with Crippen LogP contribution in [0, 0.1) is 12.8 Å². The van der Waals surface area contributed by atoms with Gasteiger partial charge >= 0.3 is 0 Å². The van der Waals surface area contributed by atoms with Crippen LogP contribution in [0.25, 0.3) is 0 Å². The van der Waals surface area contributed by atoms with Crippen LogP contribution in [0.15, 0.2) is 11.4 Å². The second-order valence-electron chi connectivity index (χ2n) is 4.46. The molecular formula is C12H19NS. The number of thiophene rings is 1. The minimum Gasteiger partial charge on any atom is -0.316 e. The summed E-state index contributed by atoms with van der Waals surface area (Å²) in [6.07, 6.45) is 2.73. The van der Waals surface area contributed by atoms with Crippen molar-refractivity contribution in [3.05, 3.63) is 21.9 Å². The van der Waals surface area contributed by atoms with E-state index in [1.807, 2.05) is 11.3 Å². The third-order valence-corrected chi connectivity index (χ3v) is 4.45. The zero-order valence-corrected chi connectivity index (χ0v) is 9.86. The van der Waals surface area contributed by atoms with E-state index in [1.54, 1.807) is 4.88 Å². The first-order valence-corrected chi connectivity index (χ1v) is 6.40. The van der Waals surface area contributed by atoms with E-state index in [-0.39, 0.29) is 0 Å². The molecular weight excluding hydrogens is 190 g/mol. The van der Waals surface area contributed by atoms with Gasteiger partial charge in [-0.1, -0.05) is 6.92 Å². The van der Waals surface area contributed by atoms with Crippen molar-refractivity contribution >= 4 is 11.3 Å². The molecule has 0 aromatic carbocycles. The van der Waals surface area contributed by atoms with E-state index in [2.05, 4.69) is 30.6 Å². The molecule has 2 heteroatoms. The lowest BCUT2D eigenvalue weighted by Crippen LogP contribution is -2.10. The molecule has 78 valence electrons. The number of nitrogens with one attached hydrogen (secondary N) is 1. The summed E-state index contributed by atoms with van der Waals surface area (Å²) >= 11 is 1.92. The molecule has 0 aliphatic carbocycles. The Balaban J connectivity index is 1.95. The van der Waals surface area contributed by atoms with Gasteiger partial charge in [-0.15, -0.1) is 11.3 Å². The Labute approximate surface area is 90.5 Å². The highest BCUT2D eigenvalue weighted by molar-refractivity contribution is 7.10. The summed E-state index contributed by atoms with van der Waals surface area (Å²) in [6, 6.07) is 2.24. The summed E-state index contributed by atoms with van der Waals surface area (Å²) < 4.78 is 0. The van der Waals surface area contributed by atoms with Gasteiger partial charge in [0.05, 0.1) is 0 Å². The van der Waals surface area contributed by atoms with Gasteiger partial charge < -0.3 is 5.32 Å². The van der Waals surface area contributed by atoms with Crippen molar-refractivity contribution in [3.63, 3.8) is 0 Å². The van der Waals surface area contributed by atoms with E-state index in [4.69, 9.17) is 0 Å². The maximum Gasteiger partial charge on any atom is 0.0103 e. The minimum absolute atomic E-state index is 0.750. The highest BCUT2D eigenvalue weighted by Crippen LogP contribution is 2.31. The van der Waals surface area contributed by atoms with E-state index < -0.39 is 0 Å². The molecule has 0 radical (unpaired) electrons. The number of aryl methyl sites for hydroxylation is 1. The molecule has 2 atom stereocenters. The Morgan fingerprint density at radius 1 is 1.64 bits per heavy atom. The van der Waals surface area contributed by atoms with E-state index >= 15 is 0 Å². The van der Waals surface area contributed by atoms with Crippen molar-refractivity contribution in [3.8, 4) is 0 Å². The maximum atomic E-state index is 3.44. The molecule has 1 aliphatic rings. The second-order valence-corrected chi connectivity index (χ2v) is 5.41. The first kappa shape index (κ1) is 10.2. The molecule has 1 aromatic rings. The largest absolute Gasteiger partial charge is 0.316 e. The predicted octanol–water partition coefficient (Wildman–Crippen LogP) is 3.16. The summed E-state index contributed by atoms with van der Waals surface area (Å²) in [5.41, 5.74) is 1.48. The summed E-state index contributed by atoms with van der Waals surface area (Å²) in [6.45, 7) is 7.06. The third kappa shape index (κ3) is 2.18. The monoisotopic (exact) mass is 209 g/mol. The van der Waals surface area contributed by atoms with Crippen LogP contribution < -0.4 is 5.32 Å². The average molecular weight is 209 g/mol. The molecule has 0 amide bonds. The van der Waals surface area contributed by atoms with Crippen molar-refractivity contribution in [2.75, 3.05) is 13.1 Å². The molecule has 1 fully saturated rings. The molecule has 1 aliphatic heterocycles. The van der Waals surface area contributed by atoms with Gasteiger partial charge in [-0.05, 0) is 61.7 Å². The van der Waals surface area contributed by atoms with Crippen molar-refractivity contribution < 1.29 is 0 Å². The molecule has 1 N–H and O–H groups in total. The first-order valence-electron chi connectivity index (χ1n) is 5.52.